The molecule has 1 aromatic heterocycles. The summed E-state index contributed by atoms with van der Waals surface area (Å²) in [5.41, 5.74) is 8.75. The molecule has 16 heavy (non-hydrogen) atoms. The Morgan fingerprint density at radius 2 is 2.12 bits per heavy atom. The number of nitrogen functional groups attached to an aromatic ring is 1. The first kappa shape index (κ1) is 13.0. The fourth-order valence-corrected chi connectivity index (χ4v) is 2.59. The van der Waals surface area contributed by atoms with Gasteiger partial charge in [-0.05, 0) is 37.3 Å². The van der Waals surface area contributed by atoms with E-state index in [1.54, 1.807) is 0 Å². The van der Waals surface area contributed by atoms with Crippen molar-refractivity contribution in [1.29, 1.82) is 5.26 Å². The molecule has 1 atom stereocenters. The summed E-state index contributed by atoms with van der Waals surface area (Å²) < 4.78 is 2.06. The molecule has 0 aliphatic heterocycles. The lowest BCUT2D eigenvalue weighted by atomic mass is 10.2. The van der Waals surface area contributed by atoms with Gasteiger partial charge in [0.2, 0.25) is 0 Å². The molecule has 3 nitrogen and oxygen atoms in total. The van der Waals surface area contributed by atoms with Gasteiger partial charge in [0, 0.05) is 12.2 Å². The average Bonchev–Trinajstić information content (AvgIpc) is 2.43. The van der Waals surface area contributed by atoms with Crippen LogP contribution in [0.2, 0.25) is 0 Å². The van der Waals surface area contributed by atoms with Crippen LogP contribution >= 0.6 is 11.8 Å². The smallest absolute Gasteiger partial charge is 0.122 e. The second-order valence-electron chi connectivity index (χ2n) is 4.25. The minimum Gasteiger partial charge on any atom is -0.384 e. The highest BCUT2D eigenvalue weighted by Crippen LogP contribution is 2.24. The van der Waals surface area contributed by atoms with Crippen molar-refractivity contribution in [2.45, 2.75) is 27.3 Å². The van der Waals surface area contributed by atoms with E-state index in [0.717, 1.165) is 23.6 Å². The van der Waals surface area contributed by atoms with Crippen LogP contribution in [0, 0.1) is 31.1 Å². The second-order valence-corrected chi connectivity index (χ2v) is 5.16. The fraction of sp³-hybridized carbons (Fsp3) is 0.583. The van der Waals surface area contributed by atoms with Crippen molar-refractivity contribution in [2.75, 3.05) is 17.7 Å². The Labute approximate surface area is 102 Å². The van der Waals surface area contributed by atoms with E-state index in [-0.39, 0.29) is 0 Å². The minimum absolute atomic E-state index is 0.564. The lowest BCUT2D eigenvalue weighted by Crippen LogP contribution is -2.13. The Bertz CT molecular complexity index is 415. The summed E-state index contributed by atoms with van der Waals surface area (Å²) in [5, 5.41) is 9.03. The van der Waals surface area contributed by atoms with Crippen LogP contribution in [-0.2, 0) is 6.54 Å². The van der Waals surface area contributed by atoms with Crippen LogP contribution in [-0.4, -0.2) is 16.6 Å². The molecule has 0 aliphatic rings. The quantitative estimate of drug-likeness (QED) is 0.875. The lowest BCUT2D eigenvalue weighted by Gasteiger charge is -2.14. The van der Waals surface area contributed by atoms with E-state index < -0.39 is 0 Å². The van der Waals surface area contributed by atoms with E-state index in [0.29, 0.717) is 17.3 Å². The molecule has 1 rings (SSSR count). The van der Waals surface area contributed by atoms with Gasteiger partial charge in [0.25, 0.3) is 0 Å². The number of hydrogen-bond acceptors (Lipinski definition) is 3. The summed E-state index contributed by atoms with van der Waals surface area (Å²) in [6.45, 7) is 7.08. The number of nitriles is 1. The number of nitrogens with two attached hydrogens (primary N) is 1. The molecular formula is C12H19N3S. The Morgan fingerprint density at radius 3 is 2.56 bits per heavy atom. The molecule has 1 unspecified atom stereocenters. The van der Waals surface area contributed by atoms with E-state index in [1.807, 2.05) is 25.6 Å². The maximum atomic E-state index is 9.03. The molecular weight excluding hydrogens is 218 g/mol. The fourth-order valence-electron chi connectivity index (χ4n) is 1.92. The Morgan fingerprint density at radius 1 is 1.50 bits per heavy atom. The summed E-state index contributed by atoms with van der Waals surface area (Å²) in [6, 6.07) is 2.18. The maximum Gasteiger partial charge on any atom is 0.122 e. The zero-order chi connectivity index (χ0) is 12.3. The Kier molecular flexibility index (Phi) is 4.31. The maximum absolute atomic E-state index is 9.03. The second kappa shape index (κ2) is 5.31. The Balaban J connectivity index is 3.02. The van der Waals surface area contributed by atoms with E-state index in [1.165, 1.54) is 0 Å². The molecule has 1 aromatic rings. The molecule has 0 radical (unpaired) electrons. The molecule has 0 bridgehead atoms. The SMILES string of the molecule is CSCC(C)Cn1c(C)c(C)c(C#N)c1N. The molecule has 0 saturated carbocycles. The van der Waals surface area contributed by atoms with Gasteiger partial charge in [0.15, 0.2) is 0 Å². The first-order chi connectivity index (χ1) is 7.52. The van der Waals surface area contributed by atoms with Crippen LogP contribution in [0.15, 0.2) is 0 Å². The summed E-state index contributed by atoms with van der Waals surface area (Å²) in [4.78, 5) is 0. The zero-order valence-corrected chi connectivity index (χ0v) is 11.2. The van der Waals surface area contributed by atoms with Gasteiger partial charge in [0.05, 0.1) is 5.56 Å². The summed E-state index contributed by atoms with van der Waals surface area (Å²) in [7, 11) is 0. The first-order valence-electron chi connectivity index (χ1n) is 5.37. The van der Waals surface area contributed by atoms with Crippen LogP contribution in [0.25, 0.3) is 0 Å². The van der Waals surface area contributed by atoms with Gasteiger partial charge in [-0.1, -0.05) is 6.92 Å². The van der Waals surface area contributed by atoms with E-state index in [2.05, 4.69) is 23.8 Å². The molecule has 0 saturated heterocycles. The van der Waals surface area contributed by atoms with Crippen LogP contribution in [0.1, 0.15) is 23.7 Å². The van der Waals surface area contributed by atoms with Gasteiger partial charge < -0.3 is 10.3 Å². The highest BCUT2D eigenvalue weighted by molar-refractivity contribution is 7.98. The van der Waals surface area contributed by atoms with Gasteiger partial charge in [-0.15, -0.1) is 0 Å². The number of hydrogen-bond donors (Lipinski definition) is 1. The largest absolute Gasteiger partial charge is 0.384 e. The van der Waals surface area contributed by atoms with Crippen molar-refractivity contribution in [3.8, 4) is 6.07 Å². The third-order valence-electron chi connectivity index (χ3n) is 2.93. The Hall–Kier alpha value is -1.08. The van der Waals surface area contributed by atoms with E-state index in [4.69, 9.17) is 11.0 Å². The van der Waals surface area contributed by atoms with Crippen LogP contribution in [0.5, 0.6) is 0 Å². The van der Waals surface area contributed by atoms with Crippen molar-refractivity contribution in [1.82, 2.24) is 4.57 Å². The highest BCUT2D eigenvalue weighted by atomic mass is 32.2. The van der Waals surface area contributed by atoms with Crippen molar-refractivity contribution < 1.29 is 0 Å². The van der Waals surface area contributed by atoms with Crippen molar-refractivity contribution in [3.63, 3.8) is 0 Å². The first-order valence-corrected chi connectivity index (χ1v) is 6.76. The normalized spacial score (nSPS) is 12.4. The van der Waals surface area contributed by atoms with Gasteiger partial charge >= 0.3 is 0 Å². The number of rotatable bonds is 4. The van der Waals surface area contributed by atoms with Crippen LogP contribution in [0.4, 0.5) is 5.82 Å². The number of anilines is 1. The molecule has 88 valence electrons. The van der Waals surface area contributed by atoms with Gasteiger partial charge in [0.1, 0.15) is 11.9 Å². The zero-order valence-electron chi connectivity index (χ0n) is 10.4. The summed E-state index contributed by atoms with van der Waals surface area (Å²) in [5.74, 6) is 2.29. The van der Waals surface area contributed by atoms with E-state index >= 15 is 0 Å². The number of nitrogens with zero attached hydrogens (tertiary/aromatic N) is 2. The predicted molar refractivity (Wildman–Crippen MR) is 70.6 cm³/mol. The molecule has 0 spiro atoms. The lowest BCUT2D eigenvalue weighted by molar-refractivity contribution is 0.529. The average molecular weight is 237 g/mol. The van der Waals surface area contributed by atoms with Crippen molar-refractivity contribution >= 4 is 17.6 Å². The third-order valence-corrected chi connectivity index (χ3v) is 3.83. The highest BCUT2D eigenvalue weighted by Gasteiger charge is 2.16. The molecule has 2 N–H and O–H groups in total. The van der Waals surface area contributed by atoms with Gasteiger partial charge in [-0.3, -0.25) is 0 Å². The predicted octanol–water partition coefficient (Wildman–Crippen LogP) is 2.56. The van der Waals surface area contributed by atoms with Crippen molar-refractivity contribution in [3.05, 3.63) is 16.8 Å². The molecule has 0 amide bonds. The number of aromatic nitrogens is 1. The molecule has 0 aromatic carbocycles. The van der Waals surface area contributed by atoms with Crippen LogP contribution in [0.3, 0.4) is 0 Å². The number of thioether (sulfide) groups is 1. The van der Waals surface area contributed by atoms with Gasteiger partial charge in [-0.2, -0.15) is 17.0 Å². The molecule has 0 fully saturated rings. The summed E-state index contributed by atoms with van der Waals surface area (Å²) in [6.07, 6.45) is 2.11. The minimum atomic E-state index is 0.564. The summed E-state index contributed by atoms with van der Waals surface area (Å²) >= 11 is 1.84. The van der Waals surface area contributed by atoms with Crippen molar-refractivity contribution in [2.24, 2.45) is 5.92 Å². The van der Waals surface area contributed by atoms with Gasteiger partial charge in [-0.25, -0.2) is 0 Å². The monoisotopic (exact) mass is 237 g/mol. The molecule has 1 heterocycles. The molecule has 4 heteroatoms. The van der Waals surface area contributed by atoms with E-state index in [9.17, 15) is 0 Å². The topological polar surface area (TPSA) is 54.7 Å². The van der Waals surface area contributed by atoms with Crippen LogP contribution < -0.4 is 5.73 Å². The third kappa shape index (κ3) is 2.35. The standard InChI is InChI=1S/C12H19N3S/c1-8(7-16-4)6-15-10(3)9(2)11(5-13)12(15)14/h8H,6-7,14H2,1-4H3. The molecule has 0 aliphatic carbocycles.